The summed E-state index contributed by atoms with van der Waals surface area (Å²) in [5.41, 5.74) is 2.61. The van der Waals surface area contributed by atoms with Crippen LogP contribution in [0.15, 0.2) is 54.6 Å². The number of nitrogens with zero attached hydrogens (tertiary/aromatic N) is 3. The first-order valence-corrected chi connectivity index (χ1v) is 12.4. The van der Waals surface area contributed by atoms with Crippen molar-refractivity contribution in [2.45, 2.75) is 59.2 Å². The van der Waals surface area contributed by atoms with Crippen LogP contribution in [0.1, 0.15) is 44.9 Å². The molecule has 0 spiro atoms. The normalized spacial score (nSPS) is 12.1. The Bertz CT molecular complexity index is 1110. The Morgan fingerprint density at radius 2 is 1.83 bits per heavy atom. The van der Waals surface area contributed by atoms with Gasteiger partial charge in [0.2, 0.25) is 5.88 Å². The molecule has 0 radical (unpaired) electrons. The molecule has 0 aliphatic carbocycles. The van der Waals surface area contributed by atoms with Crippen molar-refractivity contribution in [1.29, 1.82) is 0 Å². The van der Waals surface area contributed by atoms with Gasteiger partial charge < -0.3 is 19.3 Å². The number of aryl methyl sites for hydroxylation is 1. The molecule has 0 bridgehead atoms. The maximum absolute atomic E-state index is 11.7. The number of ether oxygens (including phenoxy) is 3. The van der Waals surface area contributed by atoms with E-state index in [9.17, 15) is 9.90 Å². The average molecular weight is 496 g/mol. The molecule has 0 amide bonds. The molecular weight excluding hydrogens is 458 g/mol. The Kier molecular flexibility index (Phi) is 9.90. The van der Waals surface area contributed by atoms with Crippen LogP contribution in [-0.2, 0) is 16.1 Å². The van der Waals surface area contributed by atoms with E-state index in [2.05, 4.69) is 18.7 Å². The fourth-order valence-corrected chi connectivity index (χ4v) is 3.80. The van der Waals surface area contributed by atoms with Crippen LogP contribution in [0.5, 0.6) is 17.4 Å². The highest BCUT2D eigenvalue weighted by molar-refractivity contribution is 5.69. The van der Waals surface area contributed by atoms with Crippen LogP contribution in [-0.4, -0.2) is 58.2 Å². The minimum atomic E-state index is -0.805. The van der Waals surface area contributed by atoms with Crippen LogP contribution >= 0.6 is 0 Å². The van der Waals surface area contributed by atoms with E-state index in [1.165, 1.54) is 0 Å². The molecule has 3 aromatic rings. The van der Waals surface area contributed by atoms with E-state index in [0.717, 1.165) is 16.9 Å². The van der Waals surface area contributed by atoms with Gasteiger partial charge in [-0.15, -0.1) is 0 Å². The van der Waals surface area contributed by atoms with Crippen LogP contribution < -0.4 is 9.47 Å². The first-order chi connectivity index (χ1) is 17.3. The monoisotopic (exact) mass is 495 g/mol. The van der Waals surface area contributed by atoms with Gasteiger partial charge in [-0.3, -0.25) is 9.69 Å². The van der Waals surface area contributed by atoms with Crippen molar-refractivity contribution in [3.8, 4) is 23.1 Å². The van der Waals surface area contributed by atoms with E-state index >= 15 is 0 Å². The van der Waals surface area contributed by atoms with Crippen LogP contribution in [0.2, 0.25) is 0 Å². The molecule has 1 atom stereocenters. The van der Waals surface area contributed by atoms with E-state index in [0.29, 0.717) is 43.3 Å². The molecule has 0 saturated heterocycles. The number of para-hydroxylation sites is 1. The van der Waals surface area contributed by atoms with Gasteiger partial charge in [-0.2, -0.15) is 5.10 Å². The summed E-state index contributed by atoms with van der Waals surface area (Å²) in [4.78, 5) is 13.8. The first-order valence-electron chi connectivity index (χ1n) is 12.4. The summed E-state index contributed by atoms with van der Waals surface area (Å²) in [7, 11) is 1.62. The fourth-order valence-electron chi connectivity index (χ4n) is 3.80. The van der Waals surface area contributed by atoms with Gasteiger partial charge in [0.1, 0.15) is 24.2 Å². The minimum absolute atomic E-state index is 0.0303. The molecule has 0 fully saturated rings. The molecular formula is C28H37N3O5. The molecule has 8 heteroatoms. The summed E-state index contributed by atoms with van der Waals surface area (Å²) in [6.45, 7) is 8.80. The van der Waals surface area contributed by atoms with Crippen LogP contribution in [0.25, 0.3) is 5.69 Å². The number of carbonyl (C=O) groups excluding carboxylic acids is 1. The maximum atomic E-state index is 11.7. The van der Waals surface area contributed by atoms with E-state index < -0.39 is 6.10 Å². The highest BCUT2D eigenvalue weighted by Crippen LogP contribution is 2.33. The summed E-state index contributed by atoms with van der Waals surface area (Å²) < 4.78 is 18.8. The molecule has 0 saturated carbocycles. The Labute approximate surface area is 213 Å². The second kappa shape index (κ2) is 13.1. The van der Waals surface area contributed by atoms with Crippen LogP contribution in [0, 0.1) is 6.92 Å². The SMILES string of the molecule is CCCC(=O)OCC(O)CN(Cc1c(C)nn(-c2ccccc2)c1Oc1cccc(OC)c1)C(C)C. The van der Waals surface area contributed by atoms with E-state index in [4.69, 9.17) is 19.3 Å². The highest BCUT2D eigenvalue weighted by atomic mass is 16.5. The summed E-state index contributed by atoms with van der Waals surface area (Å²) in [6.07, 6.45) is 0.262. The Morgan fingerprint density at radius 1 is 1.11 bits per heavy atom. The molecule has 1 aromatic heterocycles. The zero-order valence-electron chi connectivity index (χ0n) is 21.8. The second-order valence-corrected chi connectivity index (χ2v) is 9.01. The molecule has 0 aliphatic rings. The number of esters is 1. The van der Waals surface area contributed by atoms with Crippen molar-refractivity contribution in [2.24, 2.45) is 0 Å². The molecule has 1 N–H and O–H groups in total. The number of methoxy groups -OCH3 is 1. The third-order valence-corrected chi connectivity index (χ3v) is 5.82. The molecule has 3 rings (SSSR count). The maximum Gasteiger partial charge on any atom is 0.305 e. The van der Waals surface area contributed by atoms with Gasteiger partial charge in [-0.1, -0.05) is 31.2 Å². The Balaban J connectivity index is 1.89. The Morgan fingerprint density at radius 3 is 2.50 bits per heavy atom. The number of hydrogen-bond donors (Lipinski definition) is 1. The van der Waals surface area contributed by atoms with Crippen molar-refractivity contribution in [1.82, 2.24) is 14.7 Å². The molecule has 0 aliphatic heterocycles. The lowest BCUT2D eigenvalue weighted by atomic mass is 10.2. The van der Waals surface area contributed by atoms with Gasteiger partial charge in [0.05, 0.1) is 24.1 Å². The molecule has 8 nitrogen and oxygen atoms in total. The zero-order valence-corrected chi connectivity index (χ0v) is 21.8. The fraction of sp³-hybridized carbons (Fsp3) is 0.429. The third-order valence-electron chi connectivity index (χ3n) is 5.82. The summed E-state index contributed by atoms with van der Waals surface area (Å²) in [5.74, 6) is 1.64. The largest absolute Gasteiger partial charge is 0.497 e. The van der Waals surface area contributed by atoms with Gasteiger partial charge >= 0.3 is 5.97 Å². The number of aliphatic hydroxyl groups is 1. The number of benzene rings is 2. The smallest absolute Gasteiger partial charge is 0.305 e. The lowest BCUT2D eigenvalue weighted by Crippen LogP contribution is -2.39. The number of carbonyl (C=O) groups is 1. The summed E-state index contributed by atoms with van der Waals surface area (Å²) in [6, 6.07) is 17.4. The molecule has 2 aromatic carbocycles. The van der Waals surface area contributed by atoms with Gasteiger partial charge in [-0.05, 0) is 51.5 Å². The Hall–Kier alpha value is -3.36. The standard InChI is InChI=1S/C28H37N3O5/c1-6-11-27(33)35-19-23(32)17-30(20(2)3)18-26-21(4)29-31(22-12-8-7-9-13-22)28(26)36-25-15-10-14-24(16-25)34-5/h7-10,12-16,20,23,32H,6,11,17-19H2,1-5H3. The number of hydrogen-bond acceptors (Lipinski definition) is 7. The van der Waals surface area contributed by atoms with E-state index in [-0.39, 0.29) is 18.6 Å². The summed E-state index contributed by atoms with van der Waals surface area (Å²) >= 11 is 0. The predicted molar refractivity (Wildman–Crippen MR) is 139 cm³/mol. The quantitative estimate of drug-likeness (QED) is 0.338. The number of rotatable bonds is 13. The van der Waals surface area contributed by atoms with Crippen molar-refractivity contribution in [2.75, 3.05) is 20.3 Å². The lowest BCUT2D eigenvalue weighted by molar-refractivity contribution is -0.147. The lowest BCUT2D eigenvalue weighted by Gasteiger charge is -2.28. The topological polar surface area (TPSA) is 86.1 Å². The second-order valence-electron chi connectivity index (χ2n) is 9.01. The van der Waals surface area contributed by atoms with Crippen molar-refractivity contribution < 1.29 is 24.1 Å². The van der Waals surface area contributed by atoms with Gasteiger partial charge in [0.25, 0.3) is 0 Å². The zero-order chi connectivity index (χ0) is 26.1. The average Bonchev–Trinajstić information content (AvgIpc) is 3.17. The number of aromatic nitrogens is 2. The van der Waals surface area contributed by atoms with Crippen molar-refractivity contribution >= 4 is 5.97 Å². The first kappa shape index (κ1) is 27.2. The summed E-state index contributed by atoms with van der Waals surface area (Å²) in [5, 5.41) is 15.4. The molecule has 36 heavy (non-hydrogen) atoms. The van der Waals surface area contributed by atoms with Crippen molar-refractivity contribution in [3.63, 3.8) is 0 Å². The molecule has 194 valence electrons. The van der Waals surface area contributed by atoms with E-state index in [1.54, 1.807) is 11.8 Å². The van der Waals surface area contributed by atoms with Gasteiger partial charge in [0.15, 0.2) is 0 Å². The van der Waals surface area contributed by atoms with Gasteiger partial charge in [0, 0.05) is 31.6 Å². The van der Waals surface area contributed by atoms with Crippen molar-refractivity contribution in [3.05, 3.63) is 65.9 Å². The van der Waals surface area contributed by atoms with Crippen LogP contribution in [0.3, 0.4) is 0 Å². The predicted octanol–water partition coefficient (Wildman–Crippen LogP) is 4.90. The van der Waals surface area contributed by atoms with Gasteiger partial charge in [-0.25, -0.2) is 4.68 Å². The highest BCUT2D eigenvalue weighted by Gasteiger charge is 2.24. The molecule has 1 heterocycles. The number of aliphatic hydroxyl groups excluding tert-OH is 1. The van der Waals surface area contributed by atoms with Crippen LogP contribution in [0.4, 0.5) is 0 Å². The van der Waals surface area contributed by atoms with E-state index in [1.807, 2.05) is 68.4 Å². The molecule has 1 unspecified atom stereocenters. The minimum Gasteiger partial charge on any atom is -0.497 e. The third kappa shape index (κ3) is 7.32.